The molecule has 1 aromatic heterocycles. The van der Waals surface area contributed by atoms with Crippen molar-refractivity contribution in [1.82, 2.24) is 15.1 Å². The molecule has 3 nitrogen and oxygen atoms in total. The summed E-state index contributed by atoms with van der Waals surface area (Å²) in [5.74, 6) is 0. The topological polar surface area (TPSA) is 29.9 Å². The van der Waals surface area contributed by atoms with Crippen molar-refractivity contribution >= 4 is 15.9 Å². The molecule has 1 unspecified atom stereocenters. The van der Waals surface area contributed by atoms with Gasteiger partial charge in [0.05, 0.1) is 6.20 Å². The van der Waals surface area contributed by atoms with Crippen LogP contribution in [0.4, 0.5) is 0 Å². The Bertz CT molecular complexity index is 522. The maximum atomic E-state index is 4.27. The first-order chi connectivity index (χ1) is 9.19. The van der Waals surface area contributed by atoms with Crippen LogP contribution in [0.15, 0.2) is 41.1 Å². The fourth-order valence-corrected chi connectivity index (χ4v) is 2.59. The molecule has 19 heavy (non-hydrogen) atoms. The summed E-state index contributed by atoms with van der Waals surface area (Å²) in [7, 11) is 1.96. The van der Waals surface area contributed by atoms with E-state index in [0.29, 0.717) is 6.04 Å². The first-order valence-corrected chi connectivity index (χ1v) is 7.44. The molecule has 0 bridgehead atoms. The van der Waals surface area contributed by atoms with Crippen molar-refractivity contribution in [2.24, 2.45) is 7.05 Å². The number of nitrogens with one attached hydrogen (secondary N) is 1. The first-order valence-electron chi connectivity index (χ1n) is 6.65. The third kappa shape index (κ3) is 4.18. The van der Waals surface area contributed by atoms with Gasteiger partial charge >= 0.3 is 0 Å². The molecule has 1 aromatic carbocycles. The van der Waals surface area contributed by atoms with Gasteiger partial charge in [0.15, 0.2) is 0 Å². The summed E-state index contributed by atoms with van der Waals surface area (Å²) in [5, 5.41) is 7.87. The molecular formula is C15H20BrN3. The van der Waals surface area contributed by atoms with Gasteiger partial charge < -0.3 is 5.32 Å². The first kappa shape index (κ1) is 14.3. The third-order valence-electron chi connectivity index (χ3n) is 3.10. The third-order valence-corrected chi connectivity index (χ3v) is 3.59. The molecule has 1 atom stereocenters. The smallest absolute Gasteiger partial charge is 0.0537 e. The van der Waals surface area contributed by atoms with Gasteiger partial charge in [0.2, 0.25) is 0 Å². The second-order valence-corrected chi connectivity index (χ2v) is 5.70. The van der Waals surface area contributed by atoms with Crippen LogP contribution in [0.1, 0.15) is 30.5 Å². The van der Waals surface area contributed by atoms with E-state index >= 15 is 0 Å². The molecule has 0 aliphatic carbocycles. The van der Waals surface area contributed by atoms with Gasteiger partial charge in [-0.05, 0) is 37.1 Å². The fraction of sp³-hybridized carbons (Fsp3) is 0.400. The molecule has 0 amide bonds. The lowest BCUT2D eigenvalue weighted by molar-refractivity contribution is 0.529. The van der Waals surface area contributed by atoms with Crippen LogP contribution in [0.25, 0.3) is 0 Å². The van der Waals surface area contributed by atoms with Crippen LogP contribution in [0, 0.1) is 0 Å². The molecular weight excluding hydrogens is 302 g/mol. The van der Waals surface area contributed by atoms with Crippen LogP contribution in [0.2, 0.25) is 0 Å². The second kappa shape index (κ2) is 6.87. The lowest BCUT2D eigenvalue weighted by atomic mass is 10.0. The molecule has 0 fully saturated rings. The summed E-state index contributed by atoms with van der Waals surface area (Å²) in [4.78, 5) is 0. The summed E-state index contributed by atoms with van der Waals surface area (Å²) >= 11 is 3.53. The standard InChI is InChI=1S/C15H20BrN3/c1-3-7-17-15(13-10-18-19(2)11-13)9-12-5-4-6-14(16)8-12/h4-6,8,10-11,15,17H,3,7,9H2,1-2H3. The van der Waals surface area contributed by atoms with Crippen LogP contribution >= 0.6 is 15.9 Å². The van der Waals surface area contributed by atoms with E-state index in [1.807, 2.05) is 17.9 Å². The van der Waals surface area contributed by atoms with Crippen LogP contribution in [0.3, 0.4) is 0 Å². The maximum absolute atomic E-state index is 4.27. The van der Waals surface area contributed by atoms with Gasteiger partial charge in [-0.15, -0.1) is 0 Å². The largest absolute Gasteiger partial charge is 0.310 e. The van der Waals surface area contributed by atoms with Crippen molar-refractivity contribution in [1.29, 1.82) is 0 Å². The van der Waals surface area contributed by atoms with Crippen molar-refractivity contribution in [2.75, 3.05) is 6.54 Å². The predicted octanol–water partition coefficient (Wildman–Crippen LogP) is 3.47. The average molecular weight is 322 g/mol. The number of aryl methyl sites for hydroxylation is 1. The van der Waals surface area contributed by atoms with Crippen LogP contribution < -0.4 is 5.32 Å². The number of hydrogen-bond acceptors (Lipinski definition) is 2. The lowest BCUT2D eigenvalue weighted by Gasteiger charge is -2.17. The SMILES string of the molecule is CCCNC(Cc1cccc(Br)c1)c1cnn(C)c1. The quantitative estimate of drug-likeness (QED) is 0.883. The summed E-state index contributed by atoms with van der Waals surface area (Å²) in [6.45, 7) is 3.21. The molecule has 0 aliphatic rings. The van der Waals surface area contributed by atoms with E-state index in [1.54, 1.807) is 0 Å². The monoisotopic (exact) mass is 321 g/mol. The normalized spacial score (nSPS) is 12.6. The summed E-state index contributed by atoms with van der Waals surface area (Å²) in [6.07, 6.45) is 6.15. The number of hydrogen-bond donors (Lipinski definition) is 1. The Balaban J connectivity index is 2.13. The summed E-state index contributed by atoms with van der Waals surface area (Å²) in [5.41, 5.74) is 2.57. The van der Waals surface area contributed by atoms with Gasteiger partial charge in [-0.2, -0.15) is 5.10 Å². The minimum atomic E-state index is 0.322. The fourth-order valence-electron chi connectivity index (χ4n) is 2.15. The lowest BCUT2D eigenvalue weighted by Crippen LogP contribution is -2.23. The number of benzene rings is 1. The minimum Gasteiger partial charge on any atom is -0.310 e. The van der Waals surface area contributed by atoms with E-state index < -0.39 is 0 Å². The van der Waals surface area contributed by atoms with Crippen molar-refractivity contribution in [3.05, 3.63) is 52.3 Å². The molecule has 0 spiro atoms. The molecule has 4 heteroatoms. The highest BCUT2D eigenvalue weighted by atomic mass is 79.9. The highest BCUT2D eigenvalue weighted by Crippen LogP contribution is 2.20. The summed E-state index contributed by atoms with van der Waals surface area (Å²) < 4.78 is 2.99. The Morgan fingerprint density at radius 3 is 2.89 bits per heavy atom. The van der Waals surface area contributed by atoms with Crippen molar-refractivity contribution in [3.8, 4) is 0 Å². The Labute approximate surface area is 123 Å². The Kier molecular flexibility index (Phi) is 5.16. The van der Waals surface area contributed by atoms with Gasteiger partial charge in [-0.3, -0.25) is 4.68 Å². The maximum Gasteiger partial charge on any atom is 0.0537 e. The molecule has 1 N–H and O–H groups in total. The zero-order chi connectivity index (χ0) is 13.7. The van der Waals surface area contributed by atoms with E-state index in [-0.39, 0.29) is 0 Å². The molecule has 102 valence electrons. The number of rotatable bonds is 6. The minimum absolute atomic E-state index is 0.322. The van der Waals surface area contributed by atoms with Gasteiger partial charge in [-0.1, -0.05) is 35.0 Å². The highest BCUT2D eigenvalue weighted by Gasteiger charge is 2.13. The van der Waals surface area contributed by atoms with Crippen molar-refractivity contribution in [2.45, 2.75) is 25.8 Å². The van der Waals surface area contributed by atoms with Crippen molar-refractivity contribution < 1.29 is 0 Å². The predicted molar refractivity (Wildman–Crippen MR) is 82.1 cm³/mol. The van der Waals surface area contributed by atoms with Gasteiger partial charge in [0.25, 0.3) is 0 Å². The molecule has 2 aromatic rings. The van der Waals surface area contributed by atoms with Crippen LogP contribution in [0.5, 0.6) is 0 Å². The Morgan fingerprint density at radius 1 is 1.42 bits per heavy atom. The van der Waals surface area contributed by atoms with Gasteiger partial charge in [-0.25, -0.2) is 0 Å². The van der Waals surface area contributed by atoms with E-state index in [2.05, 4.69) is 63.7 Å². The van der Waals surface area contributed by atoms with E-state index in [9.17, 15) is 0 Å². The van der Waals surface area contributed by atoms with E-state index in [4.69, 9.17) is 0 Å². The molecule has 0 saturated carbocycles. The average Bonchev–Trinajstić information content (AvgIpc) is 2.81. The molecule has 0 radical (unpaired) electrons. The Hall–Kier alpha value is -1.13. The van der Waals surface area contributed by atoms with Crippen LogP contribution in [-0.2, 0) is 13.5 Å². The zero-order valence-electron chi connectivity index (χ0n) is 11.4. The van der Waals surface area contributed by atoms with Crippen molar-refractivity contribution in [3.63, 3.8) is 0 Å². The molecule has 0 saturated heterocycles. The molecule has 2 rings (SSSR count). The van der Waals surface area contributed by atoms with Gasteiger partial charge in [0, 0.05) is 29.3 Å². The molecule has 1 heterocycles. The number of aromatic nitrogens is 2. The van der Waals surface area contributed by atoms with E-state index in [0.717, 1.165) is 23.9 Å². The Morgan fingerprint density at radius 2 is 2.26 bits per heavy atom. The van der Waals surface area contributed by atoms with Crippen LogP contribution in [-0.4, -0.2) is 16.3 Å². The second-order valence-electron chi connectivity index (χ2n) is 4.79. The number of nitrogens with zero attached hydrogens (tertiary/aromatic N) is 2. The summed E-state index contributed by atoms with van der Waals surface area (Å²) in [6, 6.07) is 8.81. The van der Waals surface area contributed by atoms with Gasteiger partial charge in [0.1, 0.15) is 0 Å². The molecule has 0 aliphatic heterocycles. The number of halogens is 1. The highest BCUT2D eigenvalue weighted by molar-refractivity contribution is 9.10. The zero-order valence-corrected chi connectivity index (χ0v) is 13.0. The van der Waals surface area contributed by atoms with E-state index in [1.165, 1.54) is 11.1 Å².